The lowest BCUT2D eigenvalue weighted by molar-refractivity contribution is -0.136. The Labute approximate surface area is 181 Å². The standard InChI is InChI=1S/C23H24N6O2/c1-28(2)22(31)23(20-6-3-4-9-27-20)8-5-11-29(15-23)21(30)17-7-10-26-19(12-17)18-13-24-16-25-14-18/h3-4,6-7,9-10,12-14,16H,5,8,11,15H2,1-2H3/t23-/m1/s1. The Balaban J connectivity index is 1.66. The molecule has 1 fully saturated rings. The predicted octanol–water partition coefficient (Wildman–Crippen LogP) is 2.20. The maximum absolute atomic E-state index is 13.4. The first-order valence-corrected chi connectivity index (χ1v) is 10.2. The second-order valence-electron chi connectivity index (χ2n) is 7.88. The highest BCUT2D eigenvalue weighted by Gasteiger charge is 2.46. The van der Waals surface area contributed by atoms with Crippen molar-refractivity contribution in [3.63, 3.8) is 0 Å². The van der Waals surface area contributed by atoms with Crippen molar-refractivity contribution in [1.82, 2.24) is 29.7 Å². The smallest absolute Gasteiger partial charge is 0.254 e. The zero-order chi connectivity index (χ0) is 21.8. The van der Waals surface area contributed by atoms with Crippen LogP contribution in [0.2, 0.25) is 0 Å². The van der Waals surface area contributed by atoms with E-state index in [4.69, 9.17) is 0 Å². The van der Waals surface area contributed by atoms with Gasteiger partial charge in [0.15, 0.2) is 0 Å². The number of hydrogen-bond acceptors (Lipinski definition) is 6. The van der Waals surface area contributed by atoms with Crippen LogP contribution in [0.3, 0.4) is 0 Å². The van der Waals surface area contributed by atoms with Crippen LogP contribution < -0.4 is 0 Å². The summed E-state index contributed by atoms with van der Waals surface area (Å²) in [5.41, 5.74) is 1.72. The van der Waals surface area contributed by atoms with Gasteiger partial charge in [0, 0.05) is 63.1 Å². The first-order valence-electron chi connectivity index (χ1n) is 10.2. The molecule has 8 heteroatoms. The number of pyridine rings is 2. The van der Waals surface area contributed by atoms with Crippen LogP contribution in [0.1, 0.15) is 28.9 Å². The fourth-order valence-corrected chi connectivity index (χ4v) is 4.13. The molecular weight excluding hydrogens is 392 g/mol. The molecule has 0 aromatic carbocycles. The Bertz CT molecular complexity index is 1070. The zero-order valence-corrected chi connectivity index (χ0v) is 17.6. The SMILES string of the molecule is CN(C)C(=O)[C@]1(c2ccccn2)CCCN(C(=O)c2ccnc(-c3cncnc3)c2)C1. The molecule has 0 spiro atoms. The summed E-state index contributed by atoms with van der Waals surface area (Å²) in [4.78, 5) is 46.9. The summed E-state index contributed by atoms with van der Waals surface area (Å²) in [7, 11) is 3.48. The third-order valence-corrected chi connectivity index (χ3v) is 5.61. The van der Waals surface area contributed by atoms with Crippen LogP contribution in [0, 0.1) is 0 Å². The van der Waals surface area contributed by atoms with Gasteiger partial charge in [0.05, 0.1) is 11.4 Å². The van der Waals surface area contributed by atoms with E-state index in [-0.39, 0.29) is 18.4 Å². The van der Waals surface area contributed by atoms with Crippen LogP contribution in [0.5, 0.6) is 0 Å². The maximum atomic E-state index is 13.4. The van der Waals surface area contributed by atoms with Gasteiger partial charge in [0.2, 0.25) is 5.91 Å². The van der Waals surface area contributed by atoms with Crippen LogP contribution in [-0.2, 0) is 10.2 Å². The van der Waals surface area contributed by atoms with E-state index in [9.17, 15) is 9.59 Å². The van der Waals surface area contributed by atoms with Crippen molar-refractivity contribution in [3.8, 4) is 11.3 Å². The number of likely N-dealkylation sites (N-methyl/N-ethyl adjacent to an activating group) is 1. The van der Waals surface area contributed by atoms with E-state index >= 15 is 0 Å². The van der Waals surface area contributed by atoms with E-state index < -0.39 is 5.41 Å². The Morgan fingerprint density at radius 2 is 1.87 bits per heavy atom. The van der Waals surface area contributed by atoms with E-state index in [1.807, 2.05) is 18.2 Å². The molecule has 0 unspecified atom stereocenters. The van der Waals surface area contributed by atoms with Crippen molar-refractivity contribution >= 4 is 11.8 Å². The number of nitrogens with zero attached hydrogens (tertiary/aromatic N) is 6. The van der Waals surface area contributed by atoms with Crippen LogP contribution in [-0.4, -0.2) is 68.7 Å². The first-order chi connectivity index (χ1) is 15.0. The Morgan fingerprint density at radius 1 is 1.06 bits per heavy atom. The van der Waals surface area contributed by atoms with Crippen molar-refractivity contribution in [2.75, 3.05) is 27.2 Å². The summed E-state index contributed by atoms with van der Waals surface area (Å²) in [6, 6.07) is 9.02. The number of hydrogen-bond donors (Lipinski definition) is 0. The number of piperidine rings is 1. The van der Waals surface area contributed by atoms with Crippen LogP contribution in [0.15, 0.2) is 61.4 Å². The van der Waals surface area contributed by atoms with Gasteiger partial charge < -0.3 is 9.80 Å². The van der Waals surface area contributed by atoms with Crippen molar-refractivity contribution in [3.05, 3.63) is 72.7 Å². The van der Waals surface area contributed by atoms with E-state index in [1.54, 1.807) is 60.8 Å². The largest absolute Gasteiger partial charge is 0.348 e. The van der Waals surface area contributed by atoms with Gasteiger partial charge in [-0.3, -0.25) is 19.6 Å². The monoisotopic (exact) mass is 416 g/mol. The van der Waals surface area contributed by atoms with Crippen LogP contribution in [0.4, 0.5) is 0 Å². The van der Waals surface area contributed by atoms with Crippen LogP contribution >= 0.6 is 0 Å². The first kappa shape index (κ1) is 20.6. The van der Waals surface area contributed by atoms with Gasteiger partial charge in [0.25, 0.3) is 5.91 Å². The van der Waals surface area contributed by atoms with Crippen molar-refractivity contribution in [2.45, 2.75) is 18.3 Å². The molecule has 3 aromatic heterocycles. The lowest BCUT2D eigenvalue weighted by Gasteiger charge is -2.42. The quantitative estimate of drug-likeness (QED) is 0.647. The summed E-state index contributed by atoms with van der Waals surface area (Å²) < 4.78 is 0. The molecule has 0 saturated carbocycles. The second kappa shape index (κ2) is 8.59. The summed E-state index contributed by atoms with van der Waals surface area (Å²) >= 11 is 0. The van der Waals surface area contributed by atoms with E-state index in [2.05, 4.69) is 19.9 Å². The zero-order valence-electron chi connectivity index (χ0n) is 17.6. The van der Waals surface area contributed by atoms with Gasteiger partial charge in [-0.1, -0.05) is 6.07 Å². The van der Waals surface area contributed by atoms with Gasteiger partial charge in [-0.2, -0.15) is 0 Å². The molecule has 3 aromatic rings. The number of carbonyl (C=O) groups is 2. The lowest BCUT2D eigenvalue weighted by Crippen LogP contribution is -2.56. The topological polar surface area (TPSA) is 92.2 Å². The molecule has 4 heterocycles. The average molecular weight is 416 g/mol. The van der Waals surface area contributed by atoms with Gasteiger partial charge in [-0.25, -0.2) is 9.97 Å². The molecule has 0 N–H and O–H groups in total. The molecule has 1 aliphatic rings. The number of amides is 2. The van der Waals surface area contributed by atoms with Gasteiger partial charge in [0.1, 0.15) is 11.7 Å². The average Bonchev–Trinajstić information content (AvgIpc) is 2.84. The van der Waals surface area contributed by atoms with Gasteiger partial charge in [-0.05, 0) is 37.1 Å². The normalized spacial score (nSPS) is 18.5. The predicted molar refractivity (Wildman–Crippen MR) is 115 cm³/mol. The molecule has 1 saturated heterocycles. The van der Waals surface area contributed by atoms with Crippen molar-refractivity contribution in [2.24, 2.45) is 0 Å². The third kappa shape index (κ3) is 4.01. The Kier molecular flexibility index (Phi) is 5.70. The molecule has 0 bridgehead atoms. The minimum Gasteiger partial charge on any atom is -0.348 e. The molecule has 4 rings (SSSR count). The molecule has 31 heavy (non-hydrogen) atoms. The van der Waals surface area contributed by atoms with E-state index in [0.29, 0.717) is 36.3 Å². The molecule has 1 atom stereocenters. The summed E-state index contributed by atoms with van der Waals surface area (Å²) in [5, 5.41) is 0. The summed E-state index contributed by atoms with van der Waals surface area (Å²) in [6.45, 7) is 0.867. The number of likely N-dealkylation sites (tertiary alicyclic amines) is 1. The lowest BCUT2D eigenvalue weighted by atomic mass is 9.75. The Morgan fingerprint density at radius 3 is 2.58 bits per heavy atom. The minimum absolute atomic E-state index is 0.0412. The highest BCUT2D eigenvalue weighted by Crippen LogP contribution is 2.35. The fourth-order valence-electron chi connectivity index (χ4n) is 4.13. The van der Waals surface area contributed by atoms with Crippen molar-refractivity contribution in [1.29, 1.82) is 0 Å². The molecule has 0 aliphatic carbocycles. The molecule has 0 radical (unpaired) electrons. The number of aromatic nitrogens is 4. The van der Waals surface area contributed by atoms with Gasteiger partial charge in [-0.15, -0.1) is 0 Å². The van der Waals surface area contributed by atoms with Crippen LogP contribution in [0.25, 0.3) is 11.3 Å². The molecule has 8 nitrogen and oxygen atoms in total. The number of rotatable bonds is 4. The van der Waals surface area contributed by atoms with E-state index in [1.165, 1.54) is 6.33 Å². The maximum Gasteiger partial charge on any atom is 0.254 e. The van der Waals surface area contributed by atoms with E-state index in [0.717, 1.165) is 5.56 Å². The highest BCUT2D eigenvalue weighted by molar-refractivity contribution is 5.96. The third-order valence-electron chi connectivity index (χ3n) is 5.61. The summed E-state index contributed by atoms with van der Waals surface area (Å²) in [6.07, 6.45) is 9.43. The fraction of sp³-hybridized carbons (Fsp3) is 0.304. The second-order valence-corrected chi connectivity index (χ2v) is 7.88. The molecule has 2 amide bonds. The van der Waals surface area contributed by atoms with Gasteiger partial charge >= 0.3 is 0 Å². The minimum atomic E-state index is -0.859. The molecular formula is C23H24N6O2. The van der Waals surface area contributed by atoms with Crippen molar-refractivity contribution < 1.29 is 9.59 Å². The number of carbonyl (C=O) groups excluding carboxylic acids is 2. The molecule has 1 aliphatic heterocycles. The molecule has 158 valence electrons. The summed E-state index contributed by atoms with van der Waals surface area (Å²) in [5.74, 6) is -0.174. The Hall–Kier alpha value is -3.68. The highest BCUT2D eigenvalue weighted by atomic mass is 16.2.